The van der Waals surface area contributed by atoms with Crippen LogP contribution in [-0.2, 0) is 11.2 Å². The van der Waals surface area contributed by atoms with Crippen LogP contribution in [0.3, 0.4) is 0 Å². The minimum Gasteiger partial charge on any atom is -0.497 e. The molecule has 1 rings (SSSR count). The zero-order valence-corrected chi connectivity index (χ0v) is 9.69. The highest BCUT2D eigenvalue weighted by atomic mass is 79.9. The molecule has 5 heteroatoms. The van der Waals surface area contributed by atoms with Crippen LogP contribution in [0.2, 0.25) is 0 Å². The van der Waals surface area contributed by atoms with E-state index in [-0.39, 0.29) is 6.42 Å². The minimum absolute atomic E-state index is 0.0487. The summed E-state index contributed by atoms with van der Waals surface area (Å²) in [6.07, 6.45) is -1.35. The molecule has 0 aliphatic heterocycles. The number of benzene rings is 1. The standard InChI is InChI=1S/C10H11BrO4/c1-15-7-2-3-8(11)6(4-7)5-9(12)10(13)14/h2-4,9,12H,5H2,1H3,(H,13,14). The number of hydrogen-bond donors (Lipinski definition) is 2. The van der Waals surface area contributed by atoms with Crippen molar-refractivity contribution in [3.8, 4) is 5.75 Å². The van der Waals surface area contributed by atoms with Gasteiger partial charge in [-0.05, 0) is 23.8 Å². The topological polar surface area (TPSA) is 66.8 Å². The number of carboxylic acids is 1. The summed E-state index contributed by atoms with van der Waals surface area (Å²) in [4.78, 5) is 10.5. The summed E-state index contributed by atoms with van der Waals surface area (Å²) in [5, 5.41) is 17.8. The molecule has 0 saturated heterocycles. The second-order valence-corrected chi connectivity index (χ2v) is 3.87. The lowest BCUT2D eigenvalue weighted by Gasteiger charge is -2.09. The van der Waals surface area contributed by atoms with Crippen molar-refractivity contribution in [2.24, 2.45) is 0 Å². The van der Waals surface area contributed by atoms with Gasteiger partial charge in [0.15, 0.2) is 6.10 Å². The fraction of sp³-hybridized carbons (Fsp3) is 0.300. The molecule has 15 heavy (non-hydrogen) atoms. The molecule has 0 heterocycles. The number of hydrogen-bond acceptors (Lipinski definition) is 3. The van der Waals surface area contributed by atoms with Gasteiger partial charge in [-0.15, -0.1) is 0 Å². The van der Waals surface area contributed by atoms with Crippen LogP contribution >= 0.6 is 15.9 Å². The molecule has 1 aromatic carbocycles. The lowest BCUT2D eigenvalue weighted by molar-refractivity contribution is -0.146. The second kappa shape index (κ2) is 5.14. The molecule has 0 spiro atoms. The molecule has 0 radical (unpaired) electrons. The van der Waals surface area contributed by atoms with Gasteiger partial charge in [0, 0.05) is 10.9 Å². The van der Waals surface area contributed by atoms with Crippen molar-refractivity contribution in [1.82, 2.24) is 0 Å². The van der Waals surface area contributed by atoms with E-state index in [9.17, 15) is 9.90 Å². The Morgan fingerprint density at radius 2 is 2.27 bits per heavy atom. The Balaban J connectivity index is 2.88. The Labute approximate surface area is 95.6 Å². The number of aliphatic carboxylic acids is 1. The van der Waals surface area contributed by atoms with Crippen molar-refractivity contribution in [2.75, 3.05) is 7.11 Å². The number of aliphatic hydroxyl groups excluding tert-OH is 1. The van der Waals surface area contributed by atoms with Crippen LogP contribution in [0.4, 0.5) is 0 Å². The second-order valence-electron chi connectivity index (χ2n) is 3.02. The van der Waals surface area contributed by atoms with E-state index in [1.54, 1.807) is 18.2 Å². The predicted molar refractivity (Wildman–Crippen MR) is 58.0 cm³/mol. The molecule has 0 fully saturated rings. The average molecular weight is 275 g/mol. The van der Waals surface area contributed by atoms with Gasteiger partial charge in [0.25, 0.3) is 0 Å². The molecule has 0 aromatic heterocycles. The Kier molecular flexibility index (Phi) is 4.11. The maximum atomic E-state index is 10.5. The van der Waals surface area contributed by atoms with E-state index < -0.39 is 12.1 Å². The maximum Gasteiger partial charge on any atom is 0.332 e. The molecular formula is C10H11BrO4. The summed E-state index contributed by atoms with van der Waals surface area (Å²) >= 11 is 3.28. The lowest BCUT2D eigenvalue weighted by Crippen LogP contribution is -2.22. The third kappa shape index (κ3) is 3.21. The van der Waals surface area contributed by atoms with Crippen molar-refractivity contribution < 1.29 is 19.7 Å². The fourth-order valence-corrected chi connectivity index (χ4v) is 1.54. The number of carboxylic acid groups (broad SMARTS) is 1. The molecule has 4 nitrogen and oxygen atoms in total. The molecule has 0 saturated carbocycles. The molecule has 0 bridgehead atoms. The highest BCUT2D eigenvalue weighted by molar-refractivity contribution is 9.10. The van der Waals surface area contributed by atoms with Crippen LogP contribution < -0.4 is 4.74 Å². The van der Waals surface area contributed by atoms with Crippen LogP contribution in [0.25, 0.3) is 0 Å². The van der Waals surface area contributed by atoms with Gasteiger partial charge in [-0.25, -0.2) is 4.79 Å². The van der Waals surface area contributed by atoms with E-state index in [1.165, 1.54) is 7.11 Å². The first kappa shape index (κ1) is 12.0. The first-order chi connectivity index (χ1) is 7.04. The van der Waals surface area contributed by atoms with Gasteiger partial charge >= 0.3 is 5.97 Å². The molecule has 0 aliphatic rings. The summed E-state index contributed by atoms with van der Waals surface area (Å²) in [5.41, 5.74) is 0.698. The van der Waals surface area contributed by atoms with E-state index in [4.69, 9.17) is 9.84 Å². The summed E-state index contributed by atoms with van der Waals surface area (Å²) in [6.45, 7) is 0. The SMILES string of the molecule is COc1ccc(Br)c(CC(O)C(=O)O)c1. The summed E-state index contributed by atoms with van der Waals surface area (Å²) in [6, 6.07) is 5.19. The van der Waals surface area contributed by atoms with Crippen LogP contribution in [-0.4, -0.2) is 29.4 Å². The van der Waals surface area contributed by atoms with Crippen LogP contribution in [0.1, 0.15) is 5.56 Å². The fourth-order valence-electron chi connectivity index (χ4n) is 1.13. The Morgan fingerprint density at radius 3 is 2.80 bits per heavy atom. The number of ether oxygens (including phenoxy) is 1. The third-order valence-electron chi connectivity index (χ3n) is 1.95. The highest BCUT2D eigenvalue weighted by Crippen LogP contribution is 2.23. The predicted octanol–water partition coefficient (Wildman–Crippen LogP) is 1.45. The molecular weight excluding hydrogens is 264 g/mol. The Bertz CT molecular complexity index is 364. The number of rotatable bonds is 4. The summed E-state index contributed by atoms with van der Waals surface area (Å²) in [7, 11) is 1.53. The largest absolute Gasteiger partial charge is 0.497 e. The molecule has 82 valence electrons. The molecule has 1 unspecified atom stereocenters. The van der Waals surface area contributed by atoms with Crippen molar-refractivity contribution >= 4 is 21.9 Å². The van der Waals surface area contributed by atoms with Crippen LogP contribution in [0.5, 0.6) is 5.75 Å². The van der Waals surface area contributed by atoms with Crippen molar-refractivity contribution in [3.05, 3.63) is 28.2 Å². The van der Waals surface area contributed by atoms with E-state index in [2.05, 4.69) is 15.9 Å². The van der Waals surface area contributed by atoms with Gasteiger partial charge < -0.3 is 14.9 Å². The van der Waals surface area contributed by atoms with Gasteiger partial charge in [-0.1, -0.05) is 15.9 Å². The quantitative estimate of drug-likeness (QED) is 0.872. The third-order valence-corrected chi connectivity index (χ3v) is 2.72. The molecule has 2 N–H and O–H groups in total. The van der Waals surface area contributed by atoms with E-state index in [0.717, 1.165) is 4.47 Å². The molecule has 0 aliphatic carbocycles. The Hall–Kier alpha value is -1.07. The highest BCUT2D eigenvalue weighted by Gasteiger charge is 2.15. The van der Waals surface area contributed by atoms with Gasteiger partial charge in [-0.3, -0.25) is 0 Å². The number of methoxy groups -OCH3 is 1. The van der Waals surface area contributed by atoms with Gasteiger partial charge in [0.1, 0.15) is 5.75 Å². The average Bonchev–Trinajstić information content (AvgIpc) is 2.21. The normalized spacial score (nSPS) is 12.2. The van der Waals surface area contributed by atoms with Crippen molar-refractivity contribution in [2.45, 2.75) is 12.5 Å². The van der Waals surface area contributed by atoms with Gasteiger partial charge in [0.2, 0.25) is 0 Å². The van der Waals surface area contributed by atoms with Crippen LogP contribution in [0, 0.1) is 0 Å². The van der Waals surface area contributed by atoms with E-state index in [0.29, 0.717) is 11.3 Å². The summed E-state index contributed by atoms with van der Waals surface area (Å²) in [5.74, 6) is -0.601. The number of carbonyl (C=O) groups is 1. The van der Waals surface area contributed by atoms with E-state index >= 15 is 0 Å². The van der Waals surface area contributed by atoms with Crippen molar-refractivity contribution in [3.63, 3.8) is 0 Å². The lowest BCUT2D eigenvalue weighted by atomic mass is 10.1. The Morgan fingerprint density at radius 1 is 1.60 bits per heavy atom. The van der Waals surface area contributed by atoms with E-state index in [1.807, 2.05) is 0 Å². The van der Waals surface area contributed by atoms with Crippen LogP contribution in [0.15, 0.2) is 22.7 Å². The molecule has 0 amide bonds. The van der Waals surface area contributed by atoms with Gasteiger partial charge in [0.05, 0.1) is 7.11 Å². The van der Waals surface area contributed by atoms with Crippen molar-refractivity contribution in [1.29, 1.82) is 0 Å². The summed E-state index contributed by atoms with van der Waals surface area (Å²) < 4.78 is 5.76. The smallest absolute Gasteiger partial charge is 0.332 e. The maximum absolute atomic E-state index is 10.5. The zero-order valence-electron chi connectivity index (χ0n) is 8.11. The molecule has 1 atom stereocenters. The first-order valence-corrected chi connectivity index (χ1v) is 5.07. The number of halogens is 1. The minimum atomic E-state index is -1.39. The molecule has 1 aromatic rings. The van der Waals surface area contributed by atoms with Gasteiger partial charge in [-0.2, -0.15) is 0 Å². The zero-order chi connectivity index (χ0) is 11.4. The number of aliphatic hydroxyl groups is 1. The monoisotopic (exact) mass is 274 g/mol. The first-order valence-electron chi connectivity index (χ1n) is 4.28.